The van der Waals surface area contributed by atoms with Gasteiger partial charge in [-0.05, 0) is 35.1 Å². The van der Waals surface area contributed by atoms with E-state index >= 15 is 0 Å². The first-order chi connectivity index (χ1) is 17.0. The Morgan fingerprint density at radius 2 is 1.63 bits per heavy atom. The summed E-state index contributed by atoms with van der Waals surface area (Å²) in [4.78, 5) is 45.9. The highest BCUT2D eigenvalue weighted by molar-refractivity contribution is 5.96. The van der Waals surface area contributed by atoms with Crippen molar-refractivity contribution in [3.05, 3.63) is 83.4 Å². The number of carboxylic acid groups (broad SMARTS) is 1. The fourth-order valence-corrected chi connectivity index (χ4v) is 4.79. The van der Waals surface area contributed by atoms with Gasteiger partial charge in [0.1, 0.15) is 18.5 Å². The first-order valence-corrected chi connectivity index (χ1v) is 11.5. The predicted octanol–water partition coefficient (Wildman–Crippen LogP) is 3.20. The minimum absolute atomic E-state index is 0.0325. The SMILES string of the molecule is O=C(NCc1ncc(C(=O)N2CCC[C@H]2C(=O)O)cn1)OCC1c2ccccc2-c2ccccc21. The molecular weight excluding hydrogens is 448 g/mol. The van der Waals surface area contributed by atoms with Crippen LogP contribution in [0.15, 0.2) is 60.9 Å². The second-order valence-corrected chi connectivity index (χ2v) is 8.56. The summed E-state index contributed by atoms with van der Waals surface area (Å²) in [7, 11) is 0. The molecule has 1 aliphatic heterocycles. The first-order valence-electron chi connectivity index (χ1n) is 11.5. The lowest BCUT2D eigenvalue weighted by molar-refractivity contribution is -0.141. The van der Waals surface area contributed by atoms with E-state index in [1.165, 1.54) is 17.3 Å². The van der Waals surface area contributed by atoms with Crippen molar-refractivity contribution in [2.45, 2.75) is 31.3 Å². The molecular formula is C26H24N4O5. The van der Waals surface area contributed by atoms with Crippen molar-refractivity contribution in [1.29, 1.82) is 0 Å². The molecule has 9 heteroatoms. The molecule has 0 unspecified atom stereocenters. The number of aromatic nitrogens is 2. The van der Waals surface area contributed by atoms with Gasteiger partial charge in [-0.1, -0.05) is 48.5 Å². The molecule has 1 aromatic heterocycles. The Labute approximate surface area is 201 Å². The van der Waals surface area contributed by atoms with Gasteiger partial charge in [-0.25, -0.2) is 19.6 Å². The summed E-state index contributed by atoms with van der Waals surface area (Å²) in [6.07, 6.45) is 3.19. The number of likely N-dealkylation sites (tertiary alicyclic amines) is 1. The van der Waals surface area contributed by atoms with E-state index in [1.54, 1.807) is 0 Å². The number of rotatable bonds is 6. The average Bonchev–Trinajstić information content (AvgIpc) is 3.50. The summed E-state index contributed by atoms with van der Waals surface area (Å²) in [6, 6.07) is 15.4. The smallest absolute Gasteiger partial charge is 0.407 e. The number of fused-ring (bicyclic) bond motifs is 3. The second kappa shape index (κ2) is 9.54. The fourth-order valence-electron chi connectivity index (χ4n) is 4.79. The molecule has 9 nitrogen and oxygen atoms in total. The van der Waals surface area contributed by atoms with Crippen LogP contribution in [0.2, 0.25) is 0 Å². The van der Waals surface area contributed by atoms with Crippen LogP contribution < -0.4 is 5.32 Å². The fraction of sp³-hybridized carbons (Fsp3) is 0.269. The van der Waals surface area contributed by atoms with E-state index in [2.05, 4.69) is 39.6 Å². The molecule has 0 spiro atoms. The average molecular weight is 473 g/mol. The van der Waals surface area contributed by atoms with Crippen molar-refractivity contribution in [1.82, 2.24) is 20.2 Å². The quantitative estimate of drug-likeness (QED) is 0.565. The molecule has 35 heavy (non-hydrogen) atoms. The van der Waals surface area contributed by atoms with E-state index in [4.69, 9.17) is 4.74 Å². The molecule has 0 bridgehead atoms. The number of amides is 2. The van der Waals surface area contributed by atoms with E-state index in [9.17, 15) is 19.5 Å². The van der Waals surface area contributed by atoms with Gasteiger partial charge in [0.15, 0.2) is 0 Å². The summed E-state index contributed by atoms with van der Waals surface area (Å²) in [6.45, 7) is 0.627. The molecule has 1 saturated heterocycles. The summed E-state index contributed by atoms with van der Waals surface area (Å²) >= 11 is 0. The van der Waals surface area contributed by atoms with E-state index in [-0.39, 0.29) is 24.6 Å². The topological polar surface area (TPSA) is 122 Å². The van der Waals surface area contributed by atoms with Gasteiger partial charge in [0, 0.05) is 24.9 Å². The molecule has 1 fully saturated rings. The Hall–Kier alpha value is -4.27. The van der Waals surface area contributed by atoms with Crippen molar-refractivity contribution in [3.8, 4) is 11.1 Å². The maximum atomic E-state index is 12.6. The molecule has 2 amide bonds. The van der Waals surface area contributed by atoms with Crippen LogP contribution in [0.5, 0.6) is 0 Å². The second-order valence-electron chi connectivity index (χ2n) is 8.56. The zero-order valence-corrected chi connectivity index (χ0v) is 18.9. The number of hydrogen-bond donors (Lipinski definition) is 2. The van der Waals surface area contributed by atoms with Crippen molar-refractivity contribution < 1.29 is 24.2 Å². The number of ether oxygens (including phenoxy) is 1. The van der Waals surface area contributed by atoms with Crippen LogP contribution >= 0.6 is 0 Å². The number of nitrogens with zero attached hydrogens (tertiary/aromatic N) is 3. The van der Waals surface area contributed by atoms with E-state index in [1.807, 2.05) is 24.3 Å². The third-order valence-electron chi connectivity index (χ3n) is 6.49. The molecule has 2 aromatic carbocycles. The van der Waals surface area contributed by atoms with Gasteiger partial charge in [-0.15, -0.1) is 0 Å². The number of carboxylic acids is 1. The van der Waals surface area contributed by atoms with Gasteiger partial charge in [0.2, 0.25) is 0 Å². The van der Waals surface area contributed by atoms with Crippen LogP contribution in [0.25, 0.3) is 11.1 Å². The van der Waals surface area contributed by atoms with Crippen LogP contribution in [-0.2, 0) is 16.1 Å². The Morgan fingerprint density at radius 1 is 1.00 bits per heavy atom. The van der Waals surface area contributed by atoms with Crippen LogP contribution in [-0.4, -0.2) is 57.1 Å². The molecule has 1 aliphatic carbocycles. The molecule has 178 valence electrons. The Morgan fingerprint density at radius 3 is 2.26 bits per heavy atom. The van der Waals surface area contributed by atoms with E-state index in [0.717, 1.165) is 22.3 Å². The van der Waals surface area contributed by atoms with Crippen LogP contribution in [0.1, 0.15) is 46.1 Å². The normalized spacial score (nSPS) is 16.5. The molecule has 3 aromatic rings. The number of nitrogens with one attached hydrogen (secondary N) is 1. The lowest BCUT2D eigenvalue weighted by Crippen LogP contribution is -2.40. The molecule has 5 rings (SSSR count). The number of hydrogen-bond acceptors (Lipinski definition) is 6. The molecule has 2 heterocycles. The number of benzene rings is 2. The largest absolute Gasteiger partial charge is 0.480 e. The third kappa shape index (κ3) is 4.44. The molecule has 0 saturated carbocycles. The zero-order chi connectivity index (χ0) is 24.4. The molecule has 2 aliphatic rings. The minimum atomic E-state index is -1.01. The minimum Gasteiger partial charge on any atom is -0.480 e. The monoisotopic (exact) mass is 472 g/mol. The van der Waals surface area contributed by atoms with Gasteiger partial charge in [0.25, 0.3) is 5.91 Å². The van der Waals surface area contributed by atoms with Crippen LogP contribution in [0.3, 0.4) is 0 Å². The highest BCUT2D eigenvalue weighted by Crippen LogP contribution is 2.44. The van der Waals surface area contributed by atoms with Gasteiger partial charge >= 0.3 is 12.1 Å². The maximum Gasteiger partial charge on any atom is 0.407 e. The van der Waals surface area contributed by atoms with E-state index in [0.29, 0.717) is 25.2 Å². The Bertz CT molecular complexity index is 1230. The van der Waals surface area contributed by atoms with Gasteiger partial charge < -0.3 is 20.1 Å². The Balaban J connectivity index is 1.16. The van der Waals surface area contributed by atoms with Crippen LogP contribution in [0, 0.1) is 0 Å². The van der Waals surface area contributed by atoms with E-state index < -0.39 is 24.0 Å². The van der Waals surface area contributed by atoms with Crippen molar-refractivity contribution >= 4 is 18.0 Å². The highest BCUT2D eigenvalue weighted by Gasteiger charge is 2.34. The summed E-state index contributed by atoms with van der Waals surface area (Å²) in [5.41, 5.74) is 4.79. The lowest BCUT2D eigenvalue weighted by atomic mass is 9.98. The summed E-state index contributed by atoms with van der Waals surface area (Å²) < 4.78 is 5.50. The van der Waals surface area contributed by atoms with Crippen molar-refractivity contribution in [3.63, 3.8) is 0 Å². The summed E-state index contributed by atoms with van der Waals surface area (Å²) in [5.74, 6) is -1.15. The number of carbonyl (C=O) groups excluding carboxylic acids is 2. The zero-order valence-electron chi connectivity index (χ0n) is 18.9. The van der Waals surface area contributed by atoms with Crippen molar-refractivity contribution in [2.24, 2.45) is 0 Å². The van der Waals surface area contributed by atoms with Gasteiger partial charge in [0.05, 0.1) is 12.1 Å². The number of alkyl carbamates (subject to hydrolysis) is 1. The number of carbonyl (C=O) groups is 3. The predicted molar refractivity (Wildman–Crippen MR) is 126 cm³/mol. The molecule has 1 atom stereocenters. The van der Waals surface area contributed by atoms with Crippen LogP contribution in [0.4, 0.5) is 4.79 Å². The van der Waals surface area contributed by atoms with Gasteiger partial charge in [-0.3, -0.25) is 4.79 Å². The standard InChI is InChI=1S/C26H24N4O5/c31-24(30-11-5-10-22(30)25(32)33)16-12-27-23(28-13-16)14-29-26(34)35-15-21-19-8-3-1-6-17(19)18-7-2-4-9-20(18)21/h1-4,6-9,12-13,21-22H,5,10-11,14-15H2,(H,29,34)(H,32,33)/t22-/m0/s1. The Kier molecular flexibility index (Phi) is 6.13. The molecule has 2 N–H and O–H groups in total. The third-order valence-corrected chi connectivity index (χ3v) is 6.49. The first kappa shape index (κ1) is 22.5. The molecule has 0 radical (unpaired) electrons. The van der Waals surface area contributed by atoms with Gasteiger partial charge in [-0.2, -0.15) is 0 Å². The highest BCUT2D eigenvalue weighted by atomic mass is 16.5. The number of aliphatic carboxylic acids is 1. The van der Waals surface area contributed by atoms with Crippen molar-refractivity contribution in [2.75, 3.05) is 13.2 Å². The maximum absolute atomic E-state index is 12.6. The lowest BCUT2D eigenvalue weighted by Gasteiger charge is -2.21. The summed E-state index contributed by atoms with van der Waals surface area (Å²) in [5, 5.41) is 11.9.